The molecule has 0 aliphatic carbocycles. The monoisotopic (exact) mass is 328 g/mol. The van der Waals surface area contributed by atoms with Crippen molar-refractivity contribution in [2.75, 3.05) is 0 Å². The van der Waals surface area contributed by atoms with Crippen LogP contribution in [0.2, 0.25) is 0 Å². The van der Waals surface area contributed by atoms with E-state index in [1.807, 2.05) is 52.1 Å². The zero-order valence-electron chi connectivity index (χ0n) is 16.0. The van der Waals surface area contributed by atoms with E-state index < -0.39 is 0 Å². The Bertz CT molecular complexity index is 707. The highest BCUT2D eigenvalue weighted by Gasteiger charge is 2.14. The molecular formula is C21H33N3. The van der Waals surface area contributed by atoms with Gasteiger partial charge in [0.1, 0.15) is 11.3 Å². The van der Waals surface area contributed by atoms with E-state index in [0.29, 0.717) is 5.92 Å². The van der Waals surface area contributed by atoms with Crippen LogP contribution < -0.4 is 0 Å². The number of rotatable bonds is 4. The molecule has 132 valence electrons. The molecule has 0 aliphatic heterocycles. The molecule has 3 heteroatoms. The number of para-hydroxylation sites is 1. The number of benzene rings is 1. The summed E-state index contributed by atoms with van der Waals surface area (Å²) in [6.07, 6.45) is 3.96. The molecule has 24 heavy (non-hydrogen) atoms. The van der Waals surface area contributed by atoms with Crippen LogP contribution in [0.15, 0.2) is 48.7 Å². The Kier molecular flexibility index (Phi) is 8.77. The van der Waals surface area contributed by atoms with Gasteiger partial charge < -0.3 is 0 Å². The molecule has 2 heterocycles. The van der Waals surface area contributed by atoms with Gasteiger partial charge in [-0.05, 0) is 30.2 Å². The molecule has 3 aromatic rings. The van der Waals surface area contributed by atoms with E-state index in [0.717, 1.165) is 35.5 Å². The molecule has 0 amide bonds. The Hall–Kier alpha value is -2.16. The Morgan fingerprint density at radius 1 is 1.00 bits per heavy atom. The lowest BCUT2D eigenvalue weighted by molar-refractivity contribution is 0.540. The Labute approximate surface area is 148 Å². The minimum Gasteiger partial charge on any atom is -0.281 e. The third-order valence-corrected chi connectivity index (χ3v) is 3.73. The van der Waals surface area contributed by atoms with Crippen LogP contribution in [0.3, 0.4) is 0 Å². The standard InChI is InChI=1S/C17H19N3.2C2H6.H2/c1-3-13(2)12-16-19-15-10-7-11-18-17(15)20(16)14-8-5-4-6-9-14;2*1-2;/h4-11,13H,3,12H2,1-2H3;2*1-2H3;1H/i;;;1+1. The SMILES string of the molecule is CC.CC.CCC(C)Cc1nc2cccnc2n1-c1ccccc1.[2HH]. The van der Waals surface area contributed by atoms with E-state index >= 15 is 0 Å². The number of fused-ring (bicyclic) bond motifs is 1. The fourth-order valence-electron chi connectivity index (χ4n) is 2.40. The van der Waals surface area contributed by atoms with Crippen molar-refractivity contribution < 1.29 is 1.43 Å². The van der Waals surface area contributed by atoms with E-state index in [1.54, 1.807) is 0 Å². The van der Waals surface area contributed by atoms with Crippen LogP contribution in [0.5, 0.6) is 0 Å². The van der Waals surface area contributed by atoms with Crippen molar-refractivity contribution in [3.63, 3.8) is 0 Å². The first-order chi connectivity index (χ1) is 11.8. The van der Waals surface area contributed by atoms with Gasteiger partial charge in [-0.1, -0.05) is 66.2 Å². The molecule has 0 bridgehead atoms. The predicted molar refractivity (Wildman–Crippen MR) is 107 cm³/mol. The summed E-state index contributed by atoms with van der Waals surface area (Å²) in [5, 5.41) is 0. The zero-order chi connectivity index (χ0) is 17.9. The number of aromatic nitrogens is 3. The summed E-state index contributed by atoms with van der Waals surface area (Å²) in [5.41, 5.74) is 3.04. The highest BCUT2D eigenvalue weighted by Crippen LogP contribution is 2.22. The quantitative estimate of drug-likeness (QED) is 0.562. The summed E-state index contributed by atoms with van der Waals surface area (Å²) in [6.45, 7) is 12.5. The second-order valence-corrected chi connectivity index (χ2v) is 5.26. The summed E-state index contributed by atoms with van der Waals surface area (Å²) in [5.74, 6) is 1.72. The fourth-order valence-corrected chi connectivity index (χ4v) is 2.40. The Balaban J connectivity index is 0.00000108. The lowest BCUT2D eigenvalue weighted by Gasteiger charge is -2.11. The maximum atomic E-state index is 4.78. The third kappa shape index (κ3) is 4.67. The van der Waals surface area contributed by atoms with E-state index in [9.17, 15) is 0 Å². The summed E-state index contributed by atoms with van der Waals surface area (Å²) in [7, 11) is 0. The topological polar surface area (TPSA) is 30.7 Å². The first-order valence-corrected chi connectivity index (χ1v) is 9.17. The summed E-state index contributed by atoms with van der Waals surface area (Å²) in [4.78, 5) is 9.29. The molecule has 0 radical (unpaired) electrons. The number of nitrogens with zero attached hydrogens (tertiary/aromatic N) is 3. The van der Waals surface area contributed by atoms with Crippen molar-refractivity contribution in [1.29, 1.82) is 0 Å². The van der Waals surface area contributed by atoms with Gasteiger partial charge in [-0.3, -0.25) is 4.57 Å². The van der Waals surface area contributed by atoms with Gasteiger partial charge in [0.15, 0.2) is 5.65 Å². The molecule has 0 fully saturated rings. The van der Waals surface area contributed by atoms with E-state index in [-0.39, 0.29) is 1.43 Å². The van der Waals surface area contributed by atoms with Crippen molar-refractivity contribution in [1.82, 2.24) is 14.5 Å². The predicted octanol–water partition coefficient (Wildman–Crippen LogP) is 6.31. The minimum atomic E-state index is 0. The lowest BCUT2D eigenvalue weighted by atomic mass is 10.1. The smallest absolute Gasteiger partial charge is 0.164 e. The highest BCUT2D eigenvalue weighted by atomic mass is 15.1. The zero-order valence-corrected chi connectivity index (χ0v) is 16.0. The molecule has 1 unspecified atom stereocenters. The van der Waals surface area contributed by atoms with Gasteiger partial charge in [0.2, 0.25) is 0 Å². The van der Waals surface area contributed by atoms with Gasteiger partial charge in [0, 0.05) is 19.7 Å². The van der Waals surface area contributed by atoms with Crippen LogP contribution in [0, 0.1) is 5.92 Å². The lowest BCUT2D eigenvalue weighted by Crippen LogP contribution is -2.06. The van der Waals surface area contributed by atoms with Gasteiger partial charge in [0.25, 0.3) is 0 Å². The number of hydrogen-bond acceptors (Lipinski definition) is 2. The van der Waals surface area contributed by atoms with Gasteiger partial charge >= 0.3 is 0 Å². The molecule has 2 aromatic heterocycles. The third-order valence-electron chi connectivity index (χ3n) is 3.73. The Morgan fingerprint density at radius 3 is 2.29 bits per heavy atom. The van der Waals surface area contributed by atoms with E-state index in [1.165, 1.54) is 0 Å². The normalized spacial score (nSPS) is 11.1. The fraction of sp³-hybridized carbons (Fsp3) is 0.429. The molecule has 0 aliphatic rings. The summed E-state index contributed by atoms with van der Waals surface area (Å²) in [6, 6.07) is 14.3. The van der Waals surface area contributed by atoms with Gasteiger partial charge in [-0.15, -0.1) is 0 Å². The molecule has 0 saturated heterocycles. The maximum Gasteiger partial charge on any atom is 0.164 e. The largest absolute Gasteiger partial charge is 0.281 e. The van der Waals surface area contributed by atoms with Crippen LogP contribution in [0.25, 0.3) is 16.9 Å². The van der Waals surface area contributed by atoms with Crippen LogP contribution in [-0.4, -0.2) is 14.5 Å². The highest BCUT2D eigenvalue weighted by molar-refractivity contribution is 5.73. The molecule has 0 N–H and O–H groups in total. The van der Waals surface area contributed by atoms with Crippen LogP contribution >= 0.6 is 0 Å². The van der Waals surface area contributed by atoms with Crippen molar-refractivity contribution in [2.45, 2.75) is 54.4 Å². The molecule has 1 atom stereocenters. The van der Waals surface area contributed by atoms with Crippen molar-refractivity contribution in [3.05, 3.63) is 54.5 Å². The minimum absolute atomic E-state index is 0. The maximum absolute atomic E-state index is 4.78. The summed E-state index contributed by atoms with van der Waals surface area (Å²) >= 11 is 0. The van der Waals surface area contributed by atoms with Gasteiger partial charge in [0.05, 0.1) is 0 Å². The molecule has 0 saturated carbocycles. The van der Waals surface area contributed by atoms with Crippen LogP contribution in [0.1, 0.15) is 55.2 Å². The first-order valence-electron chi connectivity index (χ1n) is 9.17. The average Bonchev–Trinajstić information content (AvgIpc) is 3.03. The summed E-state index contributed by atoms with van der Waals surface area (Å²) < 4.78 is 2.18. The average molecular weight is 329 g/mol. The second kappa shape index (κ2) is 10.6. The molecule has 3 rings (SSSR count). The molecule has 3 nitrogen and oxygen atoms in total. The van der Waals surface area contributed by atoms with Crippen molar-refractivity contribution in [2.24, 2.45) is 5.92 Å². The van der Waals surface area contributed by atoms with Crippen molar-refractivity contribution in [3.8, 4) is 5.69 Å². The first kappa shape index (κ1) is 19.9. The molecule has 0 spiro atoms. The van der Waals surface area contributed by atoms with E-state index in [4.69, 9.17) is 4.98 Å². The second-order valence-electron chi connectivity index (χ2n) is 5.26. The van der Waals surface area contributed by atoms with E-state index in [2.05, 4.69) is 47.7 Å². The van der Waals surface area contributed by atoms with Gasteiger partial charge in [-0.2, -0.15) is 0 Å². The van der Waals surface area contributed by atoms with Gasteiger partial charge in [-0.25, -0.2) is 9.97 Å². The number of hydrogen-bond donors (Lipinski definition) is 0. The molecular weight excluding hydrogens is 294 g/mol. The van der Waals surface area contributed by atoms with Crippen LogP contribution in [-0.2, 0) is 6.42 Å². The molecule has 1 aromatic carbocycles. The van der Waals surface area contributed by atoms with Crippen LogP contribution in [0.4, 0.5) is 0 Å². The van der Waals surface area contributed by atoms with Crippen molar-refractivity contribution >= 4 is 11.2 Å². The Morgan fingerprint density at radius 2 is 1.67 bits per heavy atom. The number of imidazole rings is 1. The number of pyridine rings is 1.